The average molecular weight is 455 g/mol. The fourth-order valence-electron chi connectivity index (χ4n) is 3.30. The lowest BCUT2D eigenvalue weighted by Gasteiger charge is -2.14. The number of carbonyl (C=O) groups is 1. The van der Waals surface area contributed by atoms with Crippen LogP contribution in [-0.2, 0) is 12.8 Å². The smallest absolute Gasteiger partial charge is 0.284 e. The zero-order chi connectivity index (χ0) is 23.3. The third kappa shape index (κ3) is 5.24. The molecule has 0 saturated carbocycles. The lowest BCUT2D eigenvalue weighted by atomic mass is 10.1. The van der Waals surface area contributed by atoms with Crippen LogP contribution in [0.4, 0.5) is 5.69 Å². The molecule has 0 atom stereocenters. The molecule has 0 fully saturated rings. The third-order valence-corrected chi connectivity index (χ3v) is 6.33. The van der Waals surface area contributed by atoms with Gasteiger partial charge >= 0.3 is 0 Å². The Hall–Kier alpha value is -3.00. The lowest BCUT2D eigenvalue weighted by Crippen LogP contribution is -2.18. The van der Waals surface area contributed by atoms with Crippen LogP contribution in [0.1, 0.15) is 72.9 Å². The van der Waals surface area contributed by atoms with Crippen LogP contribution >= 0.6 is 11.3 Å². The molecule has 2 N–H and O–H groups in total. The predicted octanol–water partition coefficient (Wildman–Crippen LogP) is 5.18. The van der Waals surface area contributed by atoms with Gasteiger partial charge in [0.05, 0.1) is 17.9 Å². The summed E-state index contributed by atoms with van der Waals surface area (Å²) in [5.74, 6) is 1.09. The summed E-state index contributed by atoms with van der Waals surface area (Å²) in [6, 6.07) is 5.35. The Labute approximate surface area is 192 Å². The van der Waals surface area contributed by atoms with Crippen LogP contribution in [0.25, 0.3) is 11.4 Å². The number of aromatic nitrogens is 3. The first kappa shape index (κ1) is 23.7. The quantitative estimate of drug-likeness (QED) is 0.464. The van der Waals surface area contributed by atoms with Gasteiger partial charge < -0.3 is 15.0 Å². The second kappa shape index (κ2) is 10.5. The molecule has 32 heavy (non-hydrogen) atoms. The summed E-state index contributed by atoms with van der Waals surface area (Å²) < 4.78 is 5.90. The first-order valence-corrected chi connectivity index (χ1v) is 11.9. The second-order valence-corrected chi connectivity index (χ2v) is 8.85. The van der Waals surface area contributed by atoms with Crippen molar-refractivity contribution in [1.29, 1.82) is 0 Å². The molecule has 0 aliphatic rings. The van der Waals surface area contributed by atoms with Crippen LogP contribution < -0.4 is 15.6 Å². The number of amides is 1. The third-order valence-electron chi connectivity index (χ3n) is 5.03. The van der Waals surface area contributed by atoms with E-state index in [-0.39, 0.29) is 11.5 Å². The highest BCUT2D eigenvalue weighted by molar-refractivity contribution is 7.13. The minimum Gasteiger partial charge on any atom is -0.493 e. The monoisotopic (exact) mass is 454 g/mol. The van der Waals surface area contributed by atoms with Crippen molar-refractivity contribution in [2.24, 2.45) is 0 Å². The number of aryl methyl sites for hydroxylation is 1. The summed E-state index contributed by atoms with van der Waals surface area (Å²) in [6.07, 6.45) is 3.86. The molecule has 0 aliphatic heterocycles. The first-order valence-electron chi connectivity index (χ1n) is 11.0. The second-order valence-electron chi connectivity index (χ2n) is 7.78. The summed E-state index contributed by atoms with van der Waals surface area (Å²) in [6.45, 7) is 10.6. The van der Waals surface area contributed by atoms with E-state index in [1.54, 1.807) is 24.4 Å². The van der Waals surface area contributed by atoms with Gasteiger partial charge in [0.2, 0.25) is 0 Å². The fraction of sp³-hybridized carbons (Fsp3) is 0.417. The van der Waals surface area contributed by atoms with Crippen molar-refractivity contribution in [3.8, 4) is 17.1 Å². The molecule has 3 aromatic rings. The van der Waals surface area contributed by atoms with E-state index in [1.165, 1.54) is 11.3 Å². The Morgan fingerprint density at radius 2 is 2.00 bits per heavy atom. The maximum Gasteiger partial charge on any atom is 0.284 e. The molecule has 2 heterocycles. The van der Waals surface area contributed by atoms with E-state index < -0.39 is 0 Å². The summed E-state index contributed by atoms with van der Waals surface area (Å²) in [5.41, 5.74) is 2.53. The Bertz CT molecular complexity index is 1150. The van der Waals surface area contributed by atoms with E-state index in [9.17, 15) is 9.59 Å². The van der Waals surface area contributed by atoms with Crippen LogP contribution in [-0.4, -0.2) is 27.5 Å². The Morgan fingerprint density at radius 1 is 1.22 bits per heavy atom. The van der Waals surface area contributed by atoms with Crippen LogP contribution in [0.3, 0.4) is 0 Å². The summed E-state index contributed by atoms with van der Waals surface area (Å²) in [4.78, 5) is 38.3. The summed E-state index contributed by atoms with van der Waals surface area (Å²) in [5, 5.41) is 3.31. The molecule has 7 nitrogen and oxygen atoms in total. The molecule has 8 heteroatoms. The molecule has 2 aromatic heterocycles. The zero-order valence-electron chi connectivity index (χ0n) is 19.2. The lowest BCUT2D eigenvalue weighted by molar-refractivity contribution is 0.102. The van der Waals surface area contributed by atoms with Gasteiger partial charge in [-0.1, -0.05) is 34.6 Å². The van der Waals surface area contributed by atoms with Gasteiger partial charge in [-0.05, 0) is 43.4 Å². The zero-order valence-corrected chi connectivity index (χ0v) is 20.1. The van der Waals surface area contributed by atoms with Crippen molar-refractivity contribution in [3.05, 3.63) is 55.9 Å². The van der Waals surface area contributed by atoms with Crippen molar-refractivity contribution < 1.29 is 9.53 Å². The van der Waals surface area contributed by atoms with Crippen molar-refractivity contribution in [3.63, 3.8) is 0 Å². The molecule has 0 aliphatic carbocycles. The van der Waals surface area contributed by atoms with Crippen LogP contribution in [0.5, 0.6) is 5.75 Å². The molecule has 3 rings (SSSR count). The minimum atomic E-state index is -0.271. The number of carbonyl (C=O) groups excluding carboxylic acids is 1. The fourth-order valence-corrected chi connectivity index (χ4v) is 4.12. The van der Waals surface area contributed by atoms with E-state index in [1.807, 2.05) is 20.8 Å². The molecule has 1 amide bonds. The van der Waals surface area contributed by atoms with E-state index in [4.69, 9.17) is 9.72 Å². The van der Waals surface area contributed by atoms with Gasteiger partial charge in [-0.2, -0.15) is 0 Å². The van der Waals surface area contributed by atoms with Crippen LogP contribution in [0.15, 0.2) is 29.2 Å². The molecule has 170 valence electrons. The Balaban J connectivity index is 1.99. The number of thiazole rings is 1. The average Bonchev–Trinajstić information content (AvgIpc) is 3.28. The highest BCUT2D eigenvalue weighted by Crippen LogP contribution is 2.31. The van der Waals surface area contributed by atoms with Gasteiger partial charge in [0.1, 0.15) is 11.6 Å². The Morgan fingerprint density at radius 3 is 2.62 bits per heavy atom. The Kier molecular flexibility index (Phi) is 7.80. The molecular weight excluding hydrogens is 424 g/mol. The number of hydrogen-bond donors (Lipinski definition) is 2. The number of nitrogens with zero attached hydrogens (tertiary/aromatic N) is 2. The highest BCUT2D eigenvalue weighted by Gasteiger charge is 2.17. The van der Waals surface area contributed by atoms with Crippen molar-refractivity contribution in [2.45, 2.75) is 59.8 Å². The van der Waals surface area contributed by atoms with Gasteiger partial charge in [0.15, 0.2) is 5.01 Å². The number of hydrogen-bond acceptors (Lipinski definition) is 6. The number of anilines is 1. The maximum atomic E-state index is 12.7. The number of benzene rings is 1. The van der Waals surface area contributed by atoms with E-state index in [0.29, 0.717) is 58.8 Å². The largest absolute Gasteiger partial charge is 0.493 e. The maximum absolute atomic E-state index is 12.7. The summed E-state index contributed by atoms with van der Waals surface area (Å²) in [7, 11) is 0. The molecule has 0 bridgehead atoms. The van der Waals surface area contributed by atoms with E-state index in [0.717, 1.165) is 17.0 Å². The molecule has 1 aromatic carbocycles. The van der Waals surface area contributed by atoms with Crippen molar-refractivity contribution >= 4 is 22.9 Å². The molecule has 0 saturated heterocycles. The van der Waals surface area contributed by atoms with E-state index in [2.05, 4.69) is 29.1 Å². The minimum absolute atomic E-state index is 0.144. The van der Waals surface area contributed by atoms with E-state index >= 15 is 0 Å². The van der Waals surface area contributed by atoms with Gasteiger partial charge in [0.25, 0.3) is 11.5 Å². The standard InChI is InChI=1S/C24H30N4O3S/c1-6-11-31-19-10-9-15(26-23(30)24-25-13-20(32-24)14(4)5)12-17(19)21-27-18(8-3)16(7-2)22(29)28-21/h9-10,12-14H,6-8,11H2,1-5H3,(H,26,30)(H,27,28,29). The number of ether oxygens (including phenoxy) is 1. The van der Waals surface area contributed by atoms with Crippen molar-refractivity contribution in [2.75, 3.05) is 11.9 Å². The van der Waals surface area contributed by atoms with Crippen molar-refractivity contribution in [1.82, 2.24) is 15.0 Å². The van der Waals surface area contributed by atoms with Gasteiger partial charge in [-0.25, -0.2) is 9.97 Å². The highest BCUT2D eigenvalue weighted by atomic mass is 32.1. The SMILES string of the molecule is CCCOc1ccc(NC(=O)c2ncc(C(C)C)s2)cc1-c1nc(CC)c(CC)c(=O)[nH]1. The topological polar surface area (TPSA) is 97.0 Å². The predicted molar refractivity (Wildman–Crippen MR) is 129 cm³/mol. The summed E-state index contributed by atoms with van der Waals surface area (Å²) >= 11 is 1.39. The number of H-pyrrole nitrogens is 1. The molecule has 0 radical (unpaired) electrons. The van der Waals surface area contributed by atoms with Gasteiger partial charge in [-0.15, -0.1) is 11.3 Å². The normalized spacial score (nSPS) is 11.1. The van der Waals surface area contributed by atoms with Gasteiger partial charge in [-0.3, -0.25) is 9.59 Å². The number of rotatable bonds is 9. The molecule has 0 spiro atoms. The first-order chi connectivity index (χ1) is 15.4. The van der Waals surface area contributed by atoms with Gasteiger partial charge in [0, 0.05) is 22.3 Å². The number of aromatic amines is 1. The van der Waals surface area contributed by atoms with Crippen LogP contribution in [0, 0.1) is 0 Å². The van der Waals surface area contributed by atoms with Crippen LogP contribution in [0.2, 0.25) is 0 Å². The molecular formula is C24H30N4O3S. The molecule has 0 unspecified atom stereocenters. The number of nitrogens with one attached hydrogen (secondary N) is 2.